The minimum atomic E-state index is -0.117. The highest BCUT2D eigenvalue weighted by molar-refractivity contribution is 6.15. The zero-order valence-corrected chi connectivity index (χ0v) is 27.9. The predicted octanol–water partition coefficient (Wildman–Crippen LogP) is 12.0. The second kappa shape index (κ2) is 10.8. The van der Waals surface area contributed by atoms with Gasteiger partial charge in [-0.15, -0.1) is 0 Å². The fourth-order valence-electron chi connectivity index (χ4n) is 8.22. The lowest BCUT2D eigenvalue weighted by Crippen LogP contribution is -2.15. The summed E-state index contributed by atoms with van der Waals surface area (Å²) in [5.41, 5.74) is 15.1. The lowest BCUT2D eigenvalue weighted by molar-refractivity contribution is 0.666. The molecule has 2 heterocycles. The van der Waals surface area contributed by atoms with Crippen molar-refractivity contribution in [2.45, 2.75) is 19.3 Å². The molecule has 50 heavy (non-hydrogen) atoms. The zero-order chi connectivity index (χ0) is 33.4. The van der Waals surface area contributed by atoms with E-state index in [4.69, 9.17) is 9.97 Å². The number of hydrogen-bond donors (Lipinski definition) is 0. The SMILES string of the molecule is CC1(C)c2ccccc2-c2ccc3c(-c4ccc(-c5ccc(-c6nc7ccccc7n6-c6ccccc6)cc5)cc4)nc4ccccc4c3c21. The van der Waals surface area contributed by atoms with E-state index >= 15 is 0 Å². The van der Waals surface area contributed by atoms with Crippen LogP contribution in [0.15, 0.2) is 164 Å². The molecule has 3 heteroatoms. The van der Waals surface area contributed by atoms with Crippen LogP contribution in [0.1, 0.15) is 25.0 Å². The van der Waals surface area contributed by atoms with E-state index in [1.165, 1.54) is 44.0 Å². The Hall–Kier alpha value is -6.32. The number of nitrogens with zero attached hydrogens (tertiary/aromatic N) is 3. The van der Waals surface area contributed by atoms with E-state index in [1.807, 2.05) is 12.1 Å². The van der Waals surface area contributed by atoms with Gasteiger partial charge in [-0.3, -0.25) is 4.57 Å². The van der Waals surface area contributed by atoms with Crippen LogP contribution in [0.3, 0.4) is 0 Å². The van der Waals surface area contributed by atoms with Crippen molar-refractivity contribution in [3.05, 3.63) is 175 Å². The van der Waals surface area contributed by atoms with Gasteiger partial charge in [0.2, 0.25) is 0 Å². The molecule has 10 rings (SSSR count). The van der Waals surface area contributed by atoms with Crippen LogP contribution in [0.5, 0.6) is 0 Å². The number of hydrogen-bond acceptors (Lipinski definition) is 2. The van der Waals surface area contributed by atoms with Gasteiger partial charge in [-0.05, 0) is 69.1 Å². The Morgan fingerprint density at radius 3 is 1.86 bits per heavy atom. The van der Waals surface area contributed by atoms with Crippen molar-refractivity contribution in [2.24, 2.45) is 0 Å². The maximum atomic E-state index is 5.29. The van der Waals surface area contributed by atoms with Crippen LogP contribution in [0.4, 0.5) is 0 Å². The van der Waals surface area contributed by atoms with Gasteiger partial charge in [0, 0.05) is 33.0 Å². The van der Waals surface area contributed by atoms with Crippen molar-refractivity contribution < 1.29 is 0 Å². The third-order valence-corrected chi connectivity index (χ3v) is 10.6. The van der Waals surface area contributed by atoms with Gasteiger partial charge >= 0.3 is 0 Å². The van der Waals surface area contributed by atoms with Gasteiger partial charge in [-0.1, -0.05) is 147 Å². The summed E-state index contributed by atoms with van der Waals surface area (Å²) in [6.45, 7) is 4.73. The molecule has 9 aromatic rings. The van der Waals surface area contributed by atoms with E-state index in [0.29, 0.717) is 0 Å². The van der Waals surface area contributed by atoms with Crippen molar-refractivity contribution in [1.82, 2.24) is 14.5 Å². The Labute approximate surface area is 291 Å². The summed E-state index contributed by atoms with van der Waals surface area (Å²) < 4.78 is 2.25. The Morgan fingerprint density at radius 1 is 0.460 bits per heavy atom. The van der Waals surface area contributed by atoms with Gasteiger partial charge in [0.05, 0.1) is 22.2 Å². The smallest absolute Gasteiger partial charge is 0.145 e. The molecular formula is C47H33N3. The van der Waals surface area contributed by atoms with Crippen LogP contribution in [-0.4, -0.2) is 14.5 Å². The van der Waals surface area contributed by atoms with E-state index in [-0.39, 0.29) is 5.41 Å². The van der Waals surface area contributed by atoms with Crippen LogP contribution in [-0.2, 0) is 5.41 Å². The number of para-hydroxylation sites is 4. The summed E-state index contributed by atoms with van der Waals surface area (Å²) in [6, 6.07) is 58.5. The second-order valence-electron chi connectivity index (χ2n) is 13.8. The Balaban J connectivity index is 1.06. The molecule has 0 unspecified atom stereocenters. The number of fused-ring (bicyclic) bond motifs is 8. The number of aromatic nitrogens is 3. The van der Waals surface area contributed by atoms with Crippen molar-refractivity contribution in [3.63, 3.8) is 0 Å². The molecule has 3 nitrogen and oxygen atoms in total. The molecule has 0 saturated heterocycles. The second-order valence-corrected chi connectivity index (χ2v) is 13.8. The maximum absolute atomic E-state index is 5.29. The molecule has 0 atom stereocenters. The molecule has 0 aliphatic heterocycles. The molecule has 0 amide bonds. The topological polar surface area (TPSA) is 30.7 Å². The highest BCUT2D eigenvalue weighted by atomic mass is 15.1. The minimum Gasteiger partial charge on any atom is -0.292 e. The molecule has 1 aliphatic rings. The van der Waals surface area contributed by atoms with E-state index in [1.54, 1.807) is 0 Å². The van der Waals surface area contributed by atoms with Crippen LogP contribution in [0.2, 0.25) is 0 Å². The first kappa shape index (κ1) is 28.7. The lowest BCUT2D eigenvalue weighted by atomic mass is 9.79. The van der Waals surface area contributed by atoms with Gasteiger partial charge in [0.15, 0.2) is 0 Å². The Morgan fingerprint density at radius 2 is 1.08 bits per heavy atom. The number of imidazole rings is 1. The van der Waals surface area contributed by atoms with Crippen molar-refractivity contribution >= 4 is 32.7 Å². The van der Waals surface area contributed by atoms with E-state index in [0.717, 1.165) is 50.4 Å². The van der Waals surface area contributed by atoms with Gasteiger partial charge in [-0.25, -0.2) is 9.97 Å². The fourth-order valence-corrected chi connectivity index (χ4v) is 8.22. The first-order valence-corrected chi connectivity index (χ1v) is 17.3. The van der Waals surface area contributed by atoms with Crippen LogP contribution in [0.25, 0.3) is 83.3 Å². The molecule has 0 bridgehead atoms. The molecule has 0 radical (unpaired) electrons. The summed E-state index contributed by atoms with van der Waals surface area (Å²) >= 11 is 0. The molecule has 1 aliphatic carbocycles. The summed E-state index contributed by atoms with van der Waals surface area (Å²) in [7, 11) is 0. The number of rotatable bonds is 4. The van der Waals surface area contributed by atoms with E-state index in [9.17, 15) is 0 Å². The van der Waals surface area contributed by atoms with Gasteiger partial charge < -0.3 is 0 Å². The Bertz CT molecular complexity index is 2750. The Kier molecular flexibility index (Phi) is 6.22. The molecule has 236 valence electrons. The summed E-state index contributed by atoms with van der Waals surface area (Å²) in [6.07, 6.45) is 0. The largest absolute Gasteiger partial charge is 0.292 e. The van der Waals surface area contributed by atoms with E-state index in [2.05, 4.69) is 170 Å². The molecule has 2 aromatic heterocycles. The highest BCUT2D eigenvalue weighted by Gasteiger charge is 2.37. The van der Waals surface area contributed by atoms with Crippen LogP contribution in [0, 0.1) is 0 Å². The molecule has 0 saturated carbocycles. The standard InChI is InChI=1S/C47H33N3/c1-47(2)39-16-8-6-14-35(39)36-28-29-38-43(44(36)47)37-15-7-9-17-40(37)48-45(38)32-24-20-30(21-25-32)31-22-26-33(27-23-31)46-49-41-18-10-11-19-42(41)50(46)34-12-4-3-5-13-34/h3-29H,1-2H3. The first-order valence-electron chi connectivity index (χ1n) is 17.3. The first-order chi connectivity index (χ1) is 24.6. The highest BCUT2D eigenvalue weighted by Crippen LogP contribution is 2.53. The van der Waals surface area contributed by atoms with Gasteiger partial charge in [0.1, 0.15) is 5.82 Å². The molecule has 0 fully saturated rings. The quantitative estimate of drug-likeness (QED) is 0.179. The molecule has 0 N–H and O–H groups in total. The van der Waals surface area contributed by atoms with E-state index < -0.39 is 0 Å². The average Bonchev–Trinajstić information content (AvgIpc) is 3.68. The molecular weight excluding hydrogens is 607 g/mol. The summed E-state index contributed by atoms with van der Waals surface area (Å²) in [5, 5.41) is 3.72. The lowest BCUT2D eigenvalue weighted by Gasteiger charge is -2.24. The third-order valence-electron chi connectivity index (χ3n) is 10.6. The zero-order valence-electron chi connectivity index (χ0n) is 27.9. The molecule has 7 aromatic carbocycles. The molecule has 0 spiro atoms. The van der Waals surface area contributed by atoms with Crippen LogP contribution < -0.4 is 0 Å². The normalized spacial score (nSPS) is 13.2. The van der Waals surface area contributed by atoms with Gasteiger partial charge in [-0.2, -0.15) is 0 Å². The van der Waals surface area contributed by atoms with Crippen molar-refractivity contribution in [2.75, 3.05) is 0 Å². The summed E-state index contributed by atoms with van der Waals surface area (Å²) in [5.74, 6) is 0.936. The third kappa shape index (κ3) is 4.23. The predicted molar refractivity (Wildman–Crippen MR) is 208 cm³/mol. The number of pyridine rings is 1. The average molecular weight is 640 g/mol. The fraction of sp³-hybridized carbons (Fsp3) is 0.0638. The summed E-state index contributed by atoms with van der Waals surface area (Å²) in [4.78, 5) is 10.3. The van der Waals surface area contributed by atoms with Gasteiger partial charge in [0.25, 0.3) is 0 Å². The number of benzene rings is 7. The maximum Gasteiger partial charge on any atom is 0.145 e. The van der Waals surface area contributed by atoms with Crippen LogP contribution >= 0.6 is 0 Å². The van der Waals surface area contributed by atoms with Crippen molar-refractivity contribution in [1.29, 1.82) is 0 Å². The monoisotopic (exact) mass is 639 g/mol. The van der Waals surface area contributed by atoms with Crippen molar-refractivity contribution in [3.8, 4) is 50.6 Å². The minimum absolute atomic E-state index is 0.117.